The maximum absolute atomic E-state index is 13.6. The Kier molecular flexibility index (Phi) is 6.11. The van der Waals surface area contributed by atoms with Crippen molar-refractivity contribution >= 4 is 33.6 Å². The third-order valence-corrected chi connectivity index (χ3v) is 3.36. The monoisotopic (exact) mass is 375 g/mol. The van der Waals surface area contributed by atoms with Crippen LogP contribution in [0.1, 0.15) is 5.56 Å². The normalized spacial score (nSPS) is 10.5. The molecule has 1 N–H and O–H groups in total. The lowest BCUT2D eigenvalue weighted by Gasteiger charge is -2.04. The van der Waals surface area contributed by atoms with Crippen LogP contribution in [0.2, 0.25) is 0 Å². The Balaban J connectivity index is 1.96. The zero-order valence-electron chi connectivity index (χ0n) is 12.3. The van der Waals surface area contributed by atoms with Crippen LogP contribution in [0.15, 0.2) is 65.7 Å². The zero-order chi connectivity index (χ0) is 16.7. The number of nitrogens with one attached hydrogen (secondary N) is 1. The molecule has 0 aliphatic heterocycles. The molecule has 0 saturated heterocycles. The van der Waals surface area contributed by atoms with Crippen LogP contribution in [-0.2, 0) is 4.79 Å². The Labute approximate surface area is 142 Å². The van der Waals surface area contributed by atoms with Crippen LogP contribution in [0, 0.1) is 5.82 Å². The van der Waals surface area contributed by atoms with E-state index in [1.165, 1.54) is 18.2 Å². The second kappa shape index (κ2) is 8.29. The van der Waals surface area contributed by atoms with Crippen LogP contribution in [-0.4, -0.2) is 12.5 Å². The number of carbonyl (C=O) groups excluding carboxylic acids is 1. The Morgan fingerprint density at radius 1 is 1.26 bits per heavy atom. The van der Waals surface area contributed by atoms with Crippen LogP contribution in [0.5, 0.6) is 5.75 Å². The van der Waals surface area contributed by atoms with Gasteiger partial charge in [-0.2, -0.15) is 0 Å². The van der Waals surface area contributed by atoms with Crippen LogP contribution in [0.4, 0.5) is 10.1 Å². The Morgan fingerprint density at radius 2 is 2.00 bits per heavy atom. The minimum Gasteiger partial charge on any atom is -0.490 e. The average Bonchev–Trinajstić information content (AvgIpc) is 2.54. The fourth-order valence-electron chi connectivity index (χ4n) is 1.77. The van der Waals surface area contributed by atoms with E-state index in [0.29, 0.717) is 11.1 Å². The van der Waals surface area contributed by atoms with Crippen molar-refractivity contribution in [2.75, 3.05) is 11.9 Å². The van der Waals surface area contributed by atoms with E-state index < -0.39 is 11.7 Å². The molecular formula is C18H15BrFNO2. The van der Waals surface area contributed by atoms with Gasteiger partial charge in [0.15, 0.2) is 0 Å². The first-order chi connectivity index (χ1) is 11.1. The van der Waals surface area contributed by atoms with Gasteiger partial charge in [0.2, 0.25) is 5.91 Å². The number of hydrogen-bond acceptors (Lipinski definition) is 2. The molecule has 0 bridgehead atoms. The van der Waals surface area contributed by atoms with Gasteiger partial charge in [0.25, 0.3) is 0 Å². The van der Waals surface area contributed by atoms with Crippen molar-refractivity contribution in [3.63, 3.8) is 0 Å². The zero-order valence-corrected chi connectivity index (χ0v) is 13.8. The molecule has 0 fully saturated rings. The van der Waals surface area contributed by atoms with Gasteiger partial charge in [-0.25, -0.2) is 4.39 Å². The first kappa shape index (κ1) is 17.0. The molecule has 0 heterocycles. The summed E-state index contributed by atoms with van der Waals surface area (Å²) in [5, 5.41) is 2.49. The van der Waals surface area contributed by atoms with Gasteiger partial charge in [0.1, 0.15) is 18.2 Å². The van der Waals surface area contributed by atoms with Crippen LogP contribution < -0.4 is 10.1 Å². The van der Waals surface area contributed by atoms with Gasteiger partial charge in [-0.1, -0.05) is 40.7 Å². The number of anilines is 1. The third kappa shape index (κ3) is 5.38. The summed E-state index contributed by atoms with van der Waals surface area (Å²) in [7, 11) is 0. The topological polar surface area (TPSA) is 38.3 Å². The van der Waals surface area contributed by atoms with Crippen LogP contribution in [0.25, 0.3) is 6.08 Å². The highest BCUT2D eigenvalue weighted by Crippen LogP contribution is 2.19. The highest BCUT2D eigenvalue weighted by molar-refractivity contribution is 9.10. The van der Waals surface area contributed by atoms with Crippen molar-refractivity contribution in [2.45, 2.75) is 0 Å². The minimum absolute atomic E-state index is 0.135. The molecule has 118 valence electrons. The largest absolute Gasteiger partial charge is 0.490 e. The molecule has 3 nitrogen and oxygen atoms in total. The average molecular weight is 376 g/mol. The fraction of sp³-hybridized carbons (Fsp3) is 0.0556. The highest BCUT2D eigenvalue weighted by Gasteiger charge is 2.04. The lowest BCUT2D eigenvalue weighted by atomic mass is 10.2. The predicted molar refractivity (Wildman–Crippen MR) is 93.9 cm³/mol. The second-order valence-corrected chi connectivity index (χ2v) is 5.53. The standard InChI is InChI=1S/C18H15BrFNO2/c1-2-11-23-15-7-3-13(4-8-15)5-10-18(22)21-17-9-6-14(19)12-16(17)20/h2-10,12H,1,11H2,(H,21,22)/b10-5+. The molecule has 1 amide bonds. The van der Waals surface area contributed by atoms with E-state index in [2.05, 4.69) is 27.8 Å². The number of ether oxygens (including phenoxy) is 1. The van der Waals surface area contributed by atoms with Gasteiger partial charge in [0, 0.05) is 10.5 Å². The van der Waals surface area contributed by atoms with E-state index in [0.717, 1.165) is 11.3 Å². The summed E-state index contributed by atoms with van der Waals surface area (Å²) >= 11 is 3.16. The molecule has 0 saturated carbocycles. The molecule has 2 aromatic carbocycles. The summed E-state index contributed by atoms with van der Waals surface area (Å²) in [4.78, 5) is 11.8. The van der Waals surface area contributed by atoms with Gasteiger partial charge in [-0.05, 0) is 42.0 Å². The van der Waals surface area contributed by atoms with E-state index in [4.69, 9.17) is 4.74 Å². The molecule has 0 spiro atoms. The van der Waals surface area contributed by atoms with Gasteiger partial charge < -0.3 is 10.1 Å². The Bertz CT molecular complexity index is 726. The van der Waals surface area contributed by atoms with Crippen molar-refractivity contribution < 1.29 is 13.9 Å². The third-order valence-electron chi connectivity index (χ3n) is 2.86. The molecule has 2 rings (SSSR count). The smallest absolute Gasteiger partial charge is 0.248 e. The molecular weight excluding hydrogens is 361 g/mol. The van der Waals surface area contributed by atoms with Gasteiger partial charge in [-0.15, -0.1) is 0 Å². The number of benzene rings is 2. The van der Waals surface area contributed by atoms with E-state index in [1.807, 2.05) is 12.1 Å². The quantitative estimate of drug-likeness (QED) is 0.581. The van der Waals surface area contributed by atoms with Crippen molar-refractivity contribution in [2.24, 2.45) is 0 Å². The van der Waals surface area contributed by atoms with Crippen molar-refractivity contribution in [3.8, 4) is 5.75 Å². The summed E-state index contributed by atoms with van der Waals surface area (Å²) in [5.41, 5.74) is 0.971. The summed E-state index contributed by atoms with van der Waals surface area (Å²) < 4.78 is 19.6. The van der Waals surface area contributed by atoms with Crippen molar-refractivity contribution in [1.29, 1.82) is 0 Å². The summed E-state index contributed by atoms with van der Waals surface area (Å²) in [6.07, 6.45) is 4.66. The number of halogens is 2. The summed E-state index contributed by atoms with van der Waals surface area (Å²) in [6.45, 7) is 4.02. The van der Waals surface area contributed by atoms with E-state index in [-0.39, 0.29) is 5.69 Å². The minimum atomic E-state index is -0.496. The fourth-order valence-corrected chi connectivity index (χ4v) is 2.10. The molecule has 0 aromatic heterocycles. The van der Waals surface area contributed by atoms with Crippen LogP contribution in [0.3, 0.4) is 0 Å². The molecule has 0 atom stereocenters. The Hall–Kier alpha value is -2.40. The number of amides is 1. The first-order valence-electron chi connectivity index (χ1n) is 6.86. The molecule has 0 unspecified atom stereocenters. The number of hydrogen-bond donors (Lipinski definition) is 1. The van der Waals surface area contributed by atoms with E-state index in [9.17, 15) is 9.18 Å². The molecule has 5 heteroatoms. The molecule has 0 radical (unpaired) electrons. The van der Waals surface area contributed by atoms with Crippen molar-refractivity contribution in [3.05, 3.63) is 77.0 Å². The molecule has 23 heavy (non-hydrogen) atoms. The predicted octanol–water partition coefficient (Wildman–Crippen LogP) is 4.80. The van der Waals surface area contributed by atoms with Gasteiger partial charge in [0.05, 0.1) is 5.69 Å². The highest BCUT2D eigenvalue weighted by atomic mass is 79.9. The maximum Gasteiger partial charge on any atom is 0.248 e. The second-order valence-electron chi connectivity index (χ2n) is 4.62. The number of rotatable bonds is 6. The molecule has 0 aliphatic rings. The molecule has 0 aliphatic carbocycles. The lowest BCUT2D eigenvalue weighted by Crippen LogP contribution is -2.09. The van der Waals surface area contributed by atoms with Crippen molar-refractivity contribution in [1.82, 2.24) is 0 Å². The molecule has 2 aromatic rings. The maximum atomic E-state index is 13.6. The van der Waals surface area contributed by atoms with Gasteiger partial charge >= 0.3 is 0 Å². The van der Waals surface area contributed by atoms with Crippen LogP contribution >= 0.6 is 15.9 Å². The lowest BCUT2D eigenvalue weighted by molar-refractivity contribution is -0.111. The van der Waals surface area contributed by atoms with E-state index >= 15 is 0 Å². The first-order valence-corrected chi connectivity index (χ1v) is 7.65. The summed E-state index contributed by atoms with van der Waals surface area (Å²) in [6, 6.07) is 11.7. The Morgan fingerprint density at radius 3 is 2.65 bits per heavy atom. The SMILES string of the molecule is C=CCOc1ccc(/C=C/C(=O)Nc2ccc(Br)cc2F)cc1. The number of carbonyl (C=O) groups is 1. The summed E-state index contributed by atoms with van der Waals surface area (Å²) in [5.74, 6) is -0.175. The van der Waals surface area contributed by atoms with E-state index in [1.54, 1.807) is 30.4 Å². The van der Waals surface area contributed by atoms with Gasteiger partial charge in [-0.3, -0.25) is 4.79 Å².